The molecule has 4 aliphatic carbocycles. The molecule has 0 spiro atoms. The van der Waals surface area contributed by atoms with Gasteiger partial charge in [-0.2, -0.15) is 0 Å². The maximum absolute atomic E-state index is 12.1. The van der Waals surface area contributed by atoms with E-state index in [1.807, 2.05) is 6.92 Å². The van der Waals surface area contributed by atoms with Crippen LogP contribution in [0.15, 0.2) is 23.8 Å². The lowest BCUT2D eigenvalue weighted by Crippen LogP contribution is -2.50. The molecule has 0 aromatic carbocycles. The van der Waals surface area contributed by atoms with Crippen molar-refractivity contribution in [3.05, 3.63) is 23.8 Å². The first kappa shape index (κ1) is 28.4. The average Bonchev–Trinajstić information content (AvgIpc) is 3.18. The van der Waals surface area contributed by atoms with Crippen molar-refractivity contribution in [2.75, 3.05) is 6.61 Å². The third kappa shape index (κ3) is 5.59. The van der Waals surface area contributed by atoms with Crippen LogP contribution < -0.4 is 0 Å². The molecular weight excluding hydrogens is 460 g/mol. The summed E-state index contributed by atoms with van der Waals surface area (Å²) < 4.78 is 10.9. The zero-order valence-corrected chi connectivity index (χ0v) is 24.6. The van der Waals surface area contributed by atoms with Gasteiger partial charge < -0.3 is 9.47 Å². The minimum absolute atomic E-state index is 0.0809. The van der Waals surface area contributed by atoms with Gasteiger partial charge in [0.2, 0.25) is 0 Å². The van der Waals surface area contributed by atoms with Crippen molar-refractivity contribution in [3.63, 3.8) is 0 Å². The lowest BCUT2D eigenvalue weighted by Gasteiger charge is -2.58. The maximum atomic E-state index is 12.1. The van der Waals surface area contributed by atoms with Crippen LogP contribution in [0.2, 0.25) is 0 Å². The van der Waals surface area contributed by atoms with E-state index < -0.39 is 0 Å². The number of ether oxygens (including phenoxy) is 2. The number of esters is 2. The molecule has 0 aliphatic heterocycles. The number of rotatable bonds is 8. The van der Waals surface area contributed by atoms with Gasteiger partial charge in [0.1, 0.15) is 6.10 Å². The highest BCUT2D eigenvalue weighted by atomic mass is 16.5. The fourth-order valence-electron chi connectivity index (χ4n) is 9.11. The highest BCUT2D eigenvalue weighted by molar-refractivity contribution is 5.70. The van der Waals surface area contributed by atoms with Crippen LogP contribution in [-0.4, -0.2) is 24.6 Å². The molecular formula is C33H52O4. The second-order valence-electron chi connectivity index (χ2n) is 13.6. The molecule has 0 N–H and O–H groups in total. The summed E-state index contributed by atoms with van der Waals surface area (Å²) in [6.07, 6.45) is 17.6. The first-order chi connectivity index (χ1) is 17.5. The molecule has 4 aliphatic rings. The topological polar surface area (TPSA) is 52.6 Å². The highest BCUT2D eigenvalue weighted by Gasteiger charge is 2.58. The number of hydrogen-bond donors (Lipinski definition) is 0. The van der Waals surface area contributed by atoms with Gasteiger partial charge in [0.25, 0.3) is 0 Å². The Morgan fingerprint density at radius 1 is 1.03 bits per heavy atom. The molecule has 4 rings (SSSR count). The van der Waals surface area contributed by atoms with Gasteiger partial charge in [0.05, 0.1) is 13.0 Å². The number of carbonyl (C=O) groups is 2. The second kappa shape index (κ2) is 11.3. The van der Waals surface area contributed by atoms with Gasteiger partial charge in [0, 0.05) is 6.92 Å². The molecule has 0 unspecified atom stereocenters. The molecule has 0 amide bonds. The SMILES string of the molecule is CCOC(=O)C[C@@H](/C=C/[C@@H](C)[C@H]1CC[C@H]2C3=CC[C@H]4C[C@@H](OC(C)=O)CC[C@]4(C)[C@H]3CC[C@]12C)C(C)C. The summed E-state index contributed by atoms with van der Waals surface area (Å²) in [5, 5.41) is 0. The third-order valence-electron chi connectivity index (χ3n) is 11.3. The second-order valence-corrected chi connectivity index (χ2v) is 13.6. The van der Waals surface area contributed by atoms with E-state index >= 15 is 0 Å². The van der Waals surface area contributed by atoms with Gasteiger partial charge in [-0.3, -0.25) is 9.59 Å². The lowest BCUT2D eigenvalue weighted by atomic mass is 9.47. The van der Waals surface area contributed by atoms with Crippen molar-refractivity contribution in [2.45, 2.75) is 112 Å². The summed E-state index contributed by atoms with van der Waals surface area (Å²) in [7, 11) is 0. The van der Waals surface area contributed by atoms with E-state index in [1.54, 1.807) is 12.5 Å². The van der Waals surface area contributed by atoms with Crippen LogP contribution in [0.25, 0.3) is 0 Å². The Morgan fingerprint density at radius 2 is 1.73 bits per heavy atom. The first-order valence-corrected chi connectivity index (χ1v) is 15.2. The van der Waals surface area contributed by atoms with E-state index in [0.717, 1.165) is 19.3 Å². The number of hydrogen-bond acceptors (Lipinski definition) is 4. The minimum atomic E-state index is -0.130. The molecule has 3 saturated carbocycles. The van der Waals surface area contributed by atoms with Crippen molar-refractivity contribution < 1.29 is 19.1 Å². The van der Waals surface area contributed by atoms with Crippen molar-refractivity contribution >= 4 is 11.9 Å². The van der Waals surface area contributed by atoms with E-state index in [1.165, 1.54) is 32.1 Å². The summed E-state index contributed by atoms with van der Waals surface area (Å²) in [6, 6.07) is 0. The standard InChI is InChI=1S/C33H52O4/c1-8-36-31(35)19-24(21(2)3)10-9-22(4)28-13-14-29-27-12-11-25-20-26(37-23(5)34)15-17-32(25,6)30(27)16-18-33(28,29)7/h9-10,12,21-22,24-26,28-30H,8,11,13-20H2,1-7H3/b10-9+/t22-,24-,25+,26+,28-,29+,30+,32+,33-/m1/s1. The lowest BCUT2D eigenvalue weighted by molar-refractivity contribution is -0.152. The Bertz CT molecular complexity index is 902. The monoisotopic (exact) mass is 512 g/mol. The van der Waals surface area contributed by atoms with Crippen molar-refractivity contribution in [1.29, 1.82) is 0 Å². The molecule has 0 saturated heterocycles. The predicted octanol–water partition coefficient (Wildman–Crippen LogP) is 7.91. The Balaban J connectivity index is 1.46. The van der Waals surface area contributed by atoms with Crippen molar-refractivity contribution in [2.24, 2.45) is 52.3 Å². The molecule has 4 nitrogen and oxygen atoms in total. The van der Waals surface area contributed by atoms with Gasteiger partial charge in [-0.05, 0) is 111 Å². The number of allylic oxidation sites excluding steroid dienone is 4. The molecule has 9 atom stereocenters. The van der Waals surface area contributed by atoms with Crippen molar-refractivity contribution in [1.82, 2.24) is 0 Å². The Morgan fingerprint density at radius 3 is 2.41 bits per heavy atom. The molecule has 0 aromatic rings. The Hall–Kier alpha value is -1.58. The van der Waals surface area contributed by atoms with E-state index in [4.69, 9.17) is 9.47 Å². The minimum Gasteiger partial charge on any atom is -0.466 e. The summed E-state index contributed by atoms with van der Waals surface area (Å²) in [5.41, 5.74) is 2.49. The van der Waals surface area contributed by atoms with Crippen LogP contribution in [0, 0.1) is 52.3 Å². The number of carbonyl (C=O) groups excluding carboxylic acids is 2. The van der Waals surface area contributed by atoms with Crippen LogP contribution in [0.5, 0.6) is 0 Å². The first-order valence-electron chi connectivity index (χ1n) is 15.2. The smallest absolute Gasteiger partial charge is 0.306 e. The zero-order chi connectivity index (χ0) is 27.0. The summed E-state index contributed by atoms with van der Waals surface area (Å²) in [4.78, 5) is 23.7. The fourth-order valence-corrected chi connectivity index (χ4v) is 9.11. The van der Waals surface area contributed by atoms with E-state index in [2.05, 4.69) is 52.8 Å². The molecule has 37 heavy (non-hydrogen) atoms. The zero-order valence-electron chi connectivity index (χ0n) is 24.6. The quantitative estimate of drug-likeness (QED) is 0.245. The van der Waals surface area contributed by atoms with E-state index in [9.17, 15) is 9.59 Å². The molecule has 3 fully saturated rings. The van der Waals surface area contributed by atoms with Gasteiger partial charge in [-0.25, -0.2) is 0 Å². The fraction of sp³-hybridized carbons (Fsp3) is 0.818. The predicted molar refractivity (Wildman–Crippen MR) is 149 cm³/mol. The van der Waals surface area contributed by atoms with E-state index in [-0.39, 0.29) is 24.0 Å². The highest BCUT2D eigenvalue weighted by Crippen LogP contribution is 2.66. The van der Waals surface area contributed by atoms with Crippen LogP contribution >= 0.6 is 0 Å². The molecule has 208 valence electrons. The van der Waals surface area contributed by atoms with Gasteiger partial charge in [-0.15, -0.1) is 0 Å². The van der Waals surface area contributed by atoms with Crippen LogP contribution in [0.3, 0.4) is 0 Å². The van der Waals surface area contributed by atoms with Gasteiger partial charge in [0.15, 0.2) is 0 Å². The molecule has 0 aromatic heterocycles. The Kier molecular flexibility index (Phi) is 8.65. The largest absolute Gasteiger partial charge is 0.466 e. The average molecular weight is 513 g/mol. The van der Waals surface area contributed by atoms with E-state index in [0.29, 0.717) is 59.4 Å². The summed E-state index contributed by atoms with van der Waals surface area (Å²) in [6.45, 7) is 15.8. The van der Waals surface area contributed by atoms with Crippen LogP contribution in [-0.2, 0) is 19.1 Å². The van der Waals surface area contributed by atoms with Gasteiger partial charge >= 0.3 is 11.9 Å². The maximum Gasteiger partial charge on any atom is 0.306 e. The Labute approximate surface area is 226 Å². The molecule has 0 radical (unpaired) electrons. The van der Waals surface area contributed by atoms with Crippen LogP contribution in [0.4, 0.5) is 0 Å². The molecule has 0 bridgehead atoms. The van der Waals surface area contributed by atoms with Crippen LogP contribution in [0.1, 0.15) is 106 Å². The summed E-state index contributed by atoms with van der Waals surface area (Å²) >= 11 is 0. The van der Waals surface area contributed by atoms with Gasteiger partial charge in [-0.1, -0.05) is 58.4 Å². The molecule has 0 heterocycles. The van der Waals surface area contributed by atoms with Crippen molar-refractivity contribution in [3.8, 4) is 0 Å². The normalized spacial score (nSPS) is 38.8. The summed E-state index contributed by atoms with van der Waals surface area (Å²) in [5.74, 6) is 3.69. The molecule has 4 heteroatoms. The third-order valence-corrected chi connectivity index (χ3v) is 11.3. The number of fused-ring (bicyclic) bond motifs is 5.